The molecule has 2 rings (SSSR count). The number of hydrogen-bond donors (Lipinski definition) is 1. The maximum absolute atomic E-state index is 12.0. The van der Waals surface area contributed by atoms with Crippen LogP contribution in [0.2, 0.25) is 0 Å². The summed E-state index contributed by atoms with van der Waals surface area (Å²) < 4.78 is 5.21. The van der Waals surface area contributed by atoms with Crippen LogP contribution in [0.1, 0.15) is 41.3 Å². The number of carboxylic acid groups (broad SMARTS) is 1. The molecule has 0 bridgehead atoms. The van der Waals surface area contributed by atoms with Crippen LogP contribution < -0.4 is 0 Å². The van der Waals surface area contributed by atoms with E-state index in [2.05, 4.69) is 0 Å². The van der Waals surface area contributed by atoms with Gasteiger partial charge >= 0.3 is 5.97 Å². The van der Waals surface area contributed by atoms with Gasteiger partial charge in [0.25, 0.3) is 0 Å². The van der Waals surface area contributed by atoms with Gasteiger partial charge in [-0.3, -0.25) is 4.79 Å². The van der Waals surface area contributed by atoms with Crippen molar-refractivity contribution in [2.75, 3.05) is 13.2 Å². The van der Waals surface area contributed by atoms with Crippen molar-refractivity contribution in [1.29, 1.82) is 0 Å². The molecule has 0 aliphatic carbocycles. The van der Waals surface area contributed by atoms with E-state index in [9.17, 15) is 9.59 Å². The van der Waals surface area contributed by atoms with Crippen molar-refractivity contribution in [3.8, 4) is 0 Å². The molecular weight excluding hydrogens is 258 g/mol. The quantitative estimate of drug-likeness (QED) is 0.808. The average molecular weight is 277 g/mol. The molecule has 0 fully saturated rings. The molecule has 0 saturated carbocycles. The first kappa shape index (κ1) is 14.5. The molecule has 5 nitrogen and oxygen atoms in total. The van der Waals surface area contributed by atoms with Gasteiger partial charge in [-0.15, -0.1) is 0 Å². The third-order valence-electron chi connectivity index (χ3n) is 3.41. The smallest absolute Gasteiger partial charge is 0.335 e. The summed E-state index contributed by atoms with van der Waals surface area (Å²) in [4.78, 5) is 24.7. The number of hydrogen-bond acceptors (Lipinski definition) is 3. The van der Waals surface area contributed by atoms with Crippen LogP contribution in [-0.4, -0.2) is 35.1 Å². The summed E-state index contributed by atoms with van der Waals surface area (Å²) in [7, 11) is 0. The predicted molar refractivity (Wildman–Crippen MR) is 73.4 cm³/mol. The number of carbonyl (C=O) groups is 2. The van der Waals surface area contributed by atoms with E-state index >= 15 is 0 Å². The highest BCUT2D eigenvalue weighted by Crippen LogP contribution is 2.24. The largest absolute Gasteiger partial charge is 0.478 e. The van der Waals surface area contributed by atoms with Crippen LogP contribution in [0.3, 0.4) is 0 Å². The Balaban J connectivity index is 1.92. The Hall–Kier alpha value is -1.88. The molecule has 0 saturated heterocycles. The van der Waals surface area contributed by atoms with Crippen molar-refractivity contribution in [2.45, 2.75) is 32.9 Å². The maximum atomic E-state index is 12.0. The zero-order chi connectivity index (χ0) is 14.5. The Labute approximate surface area is 118 Å². The van der Waals surface area contributed by atoms with E-state index < -0.39 is 5.97 Å². The van der Waals surface area contributed by atoms with Crippen molar-refractivity contribution < 1.29 is 19.4 Å². The fourth-order valence-corrected chi connectivity index (χ4v) is 2.33. The third kappa shape index (κ3) is 3.36. The number of rotatable bonds is 6. The summed E-state index contributed by atoms with van der Waals surface area (Å²) in [5.41, 5.74) is 2.24. The highest BCUT2D eigenvalue weighted by atomic mass is 16.5. The normalized spacial score (nSPS) is 13.3. The number of amides is 1. The second-order valence-electron chi connectivity index (χ2n) is 4.84. The third-order valence-corrected chi connectivity index (χ3v) is 3.41. The summed E-state index contributed by atoms with van der Waals surface area (Å²) in [5.74, 6) is -0.841. The molecule has 5 heteroatoms. The summed E-state index contributed by atoms with van der Waals surface area (Å²) in [5, 5.41) is 8.96. The fraction of sp³-hybridized carbons (Fsp3) is 0.467. The molecule has 0 aromatic heterocycles. The Bertz CT molecular complexity index is 513. The minimum atomic E-state index is -0.936. The van der Waals surface area contributed by atoms with Crippen LogP contribution in [0.15, 0.2) is 18.2 Å². The van der Waals surface area contributed by atoms with E-state index in [1.165, 1.54) is 0 Å². The number of carbonyl (C=O) groups excluding carboxylic acids is 1. The molecule has 1 aliphatic rings. The molecule has 0 unspecified atom stereocenters. The topological polar surface area (TPSA) is 66.8 Å². The van der Waals surface area contributed by atoms with Gasteiger partial charge in [-0.25, -0.2) is 4.79 Å². The Kier molecular flexibility index (Phi) is 4.74. The summed E-state index contributed by atoms with van der Waals surface area (Å²) in [6, 6.07) is 5.04. The molecule has 1 N–H and O–H groups in total. The van der Waals surface area contributed by atoms with Gasteiger partial charge in [0.05, 0.1) is 5.56 Å². The first-order valence-electron chi connectivity index (χ1n) is 6.82. The van der Waals surface area contributed by atoms with Gasteiger partial charge in [0.15, 0.2) is 0 Å². The van der Waals surface area contributed by atoms with Crippen LogP contribution in [-0.2, 0) is 22.6 Å². The standard InChI is InChI=1S/C15H19NO4/c1-2-20-7-3-4-14(17)16-9-12-6-5-11(15(18)19)8-13(12)10-16/h5-6,8H,2-4,7,9-10H2,1H3,(H,18,19). The number of benzene rings is 1. The van der Waals surface area contributed by atoms with Crippen LogP contribution in [0.4, 0.5) is 0 Å². The van der Waals surface area contributed by atoms with E-state index in [1.54, 1.807) is 23.1 Å². The number of fused-ring (bicyclic) bond motifs is 1. The Morgan fingerprint density at radius 1 is 1.30 bits per heavy atom. The minimum absolute atomic E-state index is 0.0952. The lowest BCUT2D eigenvalue weighted by Gasteiger charge is -2.15. The number of nitrogens with zero attached hydrogens (tertiary/aromatic N) is 1. The van der Waals surface area contributed by atoms with E-state index in [4.69, 9.17) is 9.84 Å². The molecule has 1 aromatic rings. The SMILES string of the molecule is CCOCCCC(=O)N1Cc2ccc(C(=O)O)cc2C1. The molecule has 0 atom stereocenters. The molecule has 1 amide bonds. The van der Waals surface area contributed by atoms with Gasteiger partial charge in [-0.05, 0) is 36.6 Å². The number of ether oxygens (including phenoxy) is 1. The lowest BCUT2D eigenvalue weighted by Crippen LogP contribution is -2.25. The zero-order valence-electron chi connectivity index (χ0n) is 11.6. The first-order chi connectivity index (χ1) is 9.61. The molecule has 1 aliphatic heterocycles. The van der Waals surface area contributed by atoms with Crippen LogP contribution in [0, 0.1) is 0 Å². The van der Waals surface area contributed by atoms with Crippen molar-refractivity contribution in [1.82, 2.24) is 4.90 Å². The molecule has 0 radical (unpaired) electrons. The van der Waals surface area contributed by atoms with E-state index in [0.29, 0.717) is 32.7 Å². The molecular formula is C15H19NO4. The van der Waals surface area contributed by atoms with Crippen molar-refractivity contribution in [3.63, 3.8) is 0 Å². The second kappa shape index (κ2) is 6.52. The van der Waals surface area contributed by atoms with Gasteiger partial charge in [-0.2, -0.15) is 0 Å². The molecule has 20 heavy (non-hydrogen) atoms. The fourth-order valence-electron chi connectivity index (χ4n) is 2.33. The van der Waals surface area contributed by atoms with E-state index in [0.717, 1.165) is 17.5 Å². The maximum Gasteiger partial charge on any atom is 0.335 e. The predicted octanol–water partition coefficient (Wildman–Crippen LogP) is 2.04. The Morgan fingerprint density at radius 3 is 2.75 bits per heavy atom. The highest BCUT2D eigenvalue weighted by Gasteiger charge is 2.23. The van der Waals surface area contributed by atoms with Crippen molar-refractivity contribution in [2.24, 2.45) is 0 Å². The first-order valence-corrected chi connectivity index (χ1v) is 6.82. The number of aromatic carboxylic acids is 1. The summed E-state index contributed by atoms with van der Waals surface area (Å²) >= 11 is 0. The van der Waals surface area contributed by atoms with Gasteiger partial charge < -0.3 is 14.7 Å². The second-order valence-corrected chi connectivity index (χ2v) is 4.84. The van der Waals surface area contributed by atoms with Crippen LogP contribution in [0.5, 0.6) is 0 Å². The number of carboxylic acids is 1. The van der Waals surface area contributed by atoms with Crippen LogP contribution >= 0.6 is 0 Å². The Morgan fingerprint density at radius 2 is 2.05 bits per heavy atom. The lowest BCUT2D eigenvalue weighted by atomic mass is 10.1. The van der Waals surface area contributed by atoms with E-state index in [-0.39, 0.29) is 11.5 Å². The average Bonchev–Trinajstić information content (AvgIpc) is 2.86. The molecule has 108 valence electrons. The van der Waals surface area contributed by atoms with Gasteiger partial charge in [0.1, 0.15) is 0 Å². The van der Waals surface area contributed by atoms with Crippen molar-refractivity contribution in [3.05, 3.63) is 34.9 Å². The molecule has 0 spiro atoms. The summed E-state index contributed by atoms with van der Waals surface area (Å²) in [6.07, 6.45) is 1.19. The lowest BCUT2D eigenvalue weighted by molar-refractivity contribution is -0.132. The monoisotopic (exact) mass is 277 g/mol. The zero-order valence-corrected chi connectivity index (χ0v) is 11.6. The minimum Gasteiger partial charge on any atom is -0.478 e. The van der Waals surface area contributed by atoms with Crippen LogP contribution in [0.25, 0.3) is 0 Å². The van der Waals surface area contributed by atoms with E-state index in [1.807, 2.05) is 6.92 Å². The molecule has 1 heterocycles. The van der Waals surface area contributed by atoms with Crippen molar-refractivity contribution >= 4 is 11.9 Å². The highest BCUT2D eigenvalue weighted by molar-refractivity contribution is 5.88. The summed E-state index contributed by atoms with van der Waals surface area (Å²) in [6.45, 7) is 4.28. The van der Waals surface area contributed by atoms with Gasteiger partial charge in [0.2, 0.25) is 5.91 Å². The molecule has 1 aromatic carbocycles. The van der Waals surface area contributed by atoms with Gasteiger partial charge in [-0.1, -0.05) is 6.07 Å². The van der Waals surface area contributed by atoms with Gasteiger partial charge in [0, 0.05) is 32.7 Å².